The zero-order valence-electron chi connectivity index (χ0n) is 21.9. The molecule has 1 aliphatic heterocycles. The highest BCUT2D eigenvalue weighted by molar-refractivity contribution is 6.12. The molecule has 3 aliphatic rings. The molecule has 0 amide bonds. The van der Waals surface area contributed by atoms with Crippen molar-refractivity contribution in [1.29, 1.82) is 0 Å². The maximum Gasteiger partial charge on any atom is 0.159 e. The minimum atomic E-state index is 0.269. The van der Waals surface area contributed by atoms with Gasteiger partial charge in [-0.2, -0.15) is 0 Å². The summed E-state index contributed by atoms with van der Waals surface area (Å²) in [5.41, 5.74) is 8.72. The van der Waals surface area contributed by atoms with E-state index in [1.807, 2.05) is 18.5 Å². The number of dihydropyridines is 1. The third-order valence-corrected chi connectivity index (χ3v) is 8.09. The Hall–Kier alpha value is -5.03. The minimum Gasteiger partial charge on any atom is -0.314 e. The van der Waals surface area contributed by atoms with Gasteiger partial charge in [-0.05, 0) is 60.7 Å². The van der Waals surface area contributed by atoms with Crippen LogP contribution in [0.25, 0.3) is 38.7 Å². The number of hydrogen-bond acceptors (Lipinski definition) is 4. The number of hydrogen-bond donors (Lipinski definition) is 0. The van der Waals surface area contributed by atoms with Gasteiger partial charge in [-0.1, -0.05) is 54.7 Å². The van der Waals surface area contributed by atoms with Crippen molar-refractivity contribution in [2.75, 3.05) is 11.4 Å². The second-order valence-electron chi connectivity index (χ2n) is 10.4. The van der Waals surface area contributed by atoms with Crippen LogP contribution in [-0.4, -0.2) is 27.3 Å². The summed E-state index contributed by atoms with van der Waals surface area (Å²) in [7, 11) is 0. The van der Waals surface area contributed by atoms with Gasteiger partial charge in [-0.25, -0.2) is 9.97 Å². The number of pyridine rings is 2. The molecule has 5 aromatic rings. The van der Waals surface area contributed by atoms with Gasteiger partial charge >= 0.3 is 0 Å². The molecule has 2 atom stereocenters. The number of rotatable bonds is 4. The van der Waals surface area contributed by atoms with Crippen LogP contribution in [0.3, 0.4) is 0 Å². The first-order valence-electron chi connectivity index (χ1n) is 13.8. The number of fused-ring (bicyclic) bond motifs is 5. The number of aromatic nitrogens is 3. The molecular formula is C35H27N5. The average Bonchev–Trinajstić information content (AvgIpc) is 3.33. The summed E-state index contributed by atoms with van der Waals surface area (Å²) in [6, 6.07) is 23.7. The predicted molar refractivity (Wildman–Crippen MR) is 166 cm³/mol. The van der Waals surface area contributed by atoms with Crippen LogP contribution in [0, 0.1) is 11.8 Å². The molecule has 0 radical (unpaired) electrons. The van der Waals surface area contributed by atoms with Crippen LogP contribution in [0.2, 0.25) is 0 Å². The highest BCUT2D eigenvalue weighted by Gasteiger charge is 2.29. The number of benzene rings is 2. The van der Waals surface area contributed by atoms with Crippen LogP contribution in [0.15, 0.2) is 132 Å². The minimum absolute atomic E-state index is 0.269. The lowest BCUT2D eigenvalue weighted by molar-refractivity contribution is 0.612. The molecule has 192 valence electrons. The van der Waals surface area contributed by atoms with E-state index in [1.54, 1.807) is 0 Å². The molecule has 0 spiro atoms. The van der Waals surface area contributed by atoms with E-state index in [4.69, 9.17) is 4.98 Å². The largest absolute Gasteiger partial charge is 0.314 e. The summed E-state index contributed by atoms with van der Waals surface area (Å²) in [5, 5.41) is 2.16. The lowest BCUT2D eigenvalue weighted by Gasteiger charge is -2.36. The highest BCUT2D eigenvalue weighted by Crippen LogP contribution is 2.42. The van der Waals surface area contributed by atoms with E-state index in [-0.39, 0.29) is 5.92 Å². The second kappa shape index (κ2) is 9.31. The molecule has 2 aromatic carbocycles. The second-order valence-corrected chi connectivity index (χ2v) is 10.4. The van der Waals surface area contributed by atoms with Gasteiger partial charge in [-0.15, -0.1) is 0 Å². The van der Waals surface area contributed by atoms with E-state index in [2.05, 4.69) is 129 Å². The Labute approximate surface area is 232 Å². The first kappa shape index (κ1) is 22.9. The Bertz CT molecular complexity index is 1970. The van der Waals surface area contributed by atoms with Gasteiger partial charge in [0.25, 0.3) is 0 Å². The Kier molecular flexibility index (Phi) is 5.33. The predicted octanol–water partition coefficient (Wildman–Crippen LogP) is 8.00. The molecule has 5 nitrogen and oxygen atoms in total. The van der Waals surface area contributed by atoms with Crippen molar-refractivity contribution in [2.24, 2.45) is 16.8 Å². The maximum absolute atomic E-state index is 5.12. The molecule has 0 bridgehead atoms. The summed E-state index contributed by atoms with van der Waals surface area (Å²) >= 11 is 0. The van der Waals surface area contributed by atoms with Gasteiger partial charge in [0.1, 0.15) is 0 Å². The standard InChI is InChI=1S/C35H27N5/c1-2-11-26(12-3-1)39(31-14-6-9-24-8-4-5-13-29(24)31)28-15-16-32-30(23-28)34-33(40(32)27-17-20-36-21-18-27)22-25-10-7-19-37-35(25)38-34/h1-17,19-20,22-24,29H,18,21H2. The third kappa shape index (κ3) is 3.66. The van der Waals surface area contributed by atoms with Crippen LogP contribution in [0.1, 0.15) is 6.42 Å². The molecule has 2 aliphatic carbocycles. The summed E-state index contributed by atoms with van der Waals surface area (Å²) < 4.78 is 2.36. The van der Waals surface area contributed by atoms with Crippen LogP contribution >= 0.6 is 0 Å². The lowest BCUT2D eigenvalue weighted by atomic mass is 9.82. The molecular weight excluding hydrogens is 490 g/mol. The molecule has 8 rings (SSSR count). The quantitative estimate of drug-likeness (QED) is 0.243. The first-order chi connectivity index (χ1) is 19.8. The van der Waals surface area contributed by atoms with Crippen LogP contribution in [0.5, 0.6) is 0 Å². The number of anilines is 2. The van der Waals surface area contributed by atoms with Crippen LogP contribution in [0.4, 0.5) is 11.4 Å². The van der Waals surface area contributed by atoms with Crippen molar-refractivity contribution in [1.82, 2.24) is 14.5 Å². The number of aliphatic imine (C=N–C) groups is 1. The van der Waals surface area contributed by atoms with Crippen LogP contribution in [-0.2, 0) is 0 Å². The molecule has 40 heavy (non-hydrogen) atoms. The number of allylic oxidation sites excluding steroid dienone is 8. The van der Waals surface area contributed by atoms with Crippen LogP contribution < -0.4 is 4.90 Å². The van der Waals surface area contributed by atoms with Gasteiger partial charge in [0.05, 0.1) is 16.6 Å². The van der Waals surface area contributed by atoms with Crippen molar-refractivity contribution in [2.45, 2.75) is 6.42 Å². The SMILES string of the molecule is C1=CC2C=CC=C(N(c3ccccc3)c3ccc4c(c3)c3nc5ncccc5cc3n4C3=CC=NCC3)C2C=C1. The Balaban J connectivity index is 1.39. The molecule has 0 N–H and O–H groups in total. The maximum atomic E-state index is 5.12. The zero-order chi connectivity index (χ0) is 26.5. The molecule has 2 unspecified atom stereocenters. The van der Waals surface area contributed by atoms with E-state index < -0.39 is 0 Å². The molecule has 4 heterocycles. The van der Waals surface area contributed by atoms with Gasteiger partial charge in [0, 0.05) is 70.8 Å². The van der Waals surface area contributed by atoms with Crippen molar-refractivity contribution in [3.63, 3.8) is 0 Å². The third-order valence-electron chi connectivity index (χ3n) is 8.09. The van der Waals surface area contributed by atoms with E-state index in [9.17, 15) is 0 Å². The number of para-hydroxylation sites is 1. The number of nitrogens with zero attached hydrogens (tertiary/aromatic N) is 5. The van der Waals surface area contributed by atoms with Gasteiger partial charge in [0.15, 0.2) is 5.65 Å². The zero-order valence-corrected chi connectivity index (χ0v) is 21.9. The molecule has 0 saturated carbocycles. The van der Waals surface area contributed by atoms with Crippen molar-refractivity contribution >= 4 is 56.3 Å². The smallest absolute Gasteiger partial charge is 0.159 e. The van der Waals surface area contributed by atoms with E-state index in [0.717, 1.165) is 57.3 Å². The Morgan fingerprint density at radius 2 is 1.70 bits per heavy atom. The Morgan fingerprint density at radius 1 is 0.800 bits per heavy atom. The normalized spacial score (nSPS) is 19.7. The monoisotopic (exact) mass is 517 g/mol. The fourth-order valence-corrected chi connectivity index (χ4v) is 6.26. The molecule has 3 aromatic heterocycles. The summed E-state index contributed by atoms with van der Waals surface area (Å²) in [4.78, 5) is 16.5. The fourth-order valence-electron chi connectivity index (χ4n) is 6.26. The van der Waals surface area contributed by atoms with E-state index in [1.165, 1.54) is 11.4 Å². The van der Waals surface area contributed by atoms with E-state index in [0.29, 0.717) is 5.92 Å². The van der Waals surface area contributed by atoms with Crippen molar-refractivity contribution in [3.8, 4) is 0 Å². The summed E-state index contributed by atoms with van der Waals surface area (Å²) in [6.07, 6.45) is 22.4. The molecule has 0 fully saturated rings. The van der Waals surface area contributed by atoms with E-state index >= 15 is 0 Å². The Morgan fingerprint density at radius 3 is 2.60 bits per heavy atom. The van der Waals surface area contributed by atoms with Gasteiger partial charge < -0.3 is 9.47 Å². The molecule has 5 heteroatoms. The lowest BCUT2D eigenvalue weighted by Crippen LogP contribution is -2.27. The van der Waals surface area contributed by atoms with Gasteiger partial charge in [-0.3, -0.25) is 4.99 Å². The highest BCUT2D eigenvalue weighted by atomic mass is 15.2. The average molecular weight is 518 g/mol. The molecule has 0 saturated heterocycles. The van der Waals surface area contributed by atoms with Crippen molar-refractivity contribution < 1.29 is 0 Å². The van der Waals surface area contributed by atoms with Gasteiger partial charge in [0.2, 0.25) is 0 Å². The summed E-state index contributed by atoms with van der Waals surface area (Å²) in [5.74, 6) is 0.617. The van der Waals surface area contributed by atoms with Crippen molar-refractivity contribution in [3.05, 3.63) is 127 Å². The fraction of sp³-hybridized carbons (Fsp3) is 0.114. The summed E-state index contributed by atoms with van der Waals surface area (Å²) in [6.45, 7) is 0.793. The first-order valence-corrected chi connectivity index (χ1v) is 13.8. The topological polar surface area (TPSA) is 46.3 Å².